The minimum atomic E-state index is 0. The van der Waals surface area contributed by atoms with E-state index in [0.717, 1.165) is 49.9 Å². The first-order chi connectivity index (χ1) is 12.3. The topological polar surface area (TPSA) is 49.8 Å². The van der Waals surface area contributed by atoms with Crippen LogP contribution in [0, 0.1) is 5.92 Å². The lowest BCUT2D eigenvalue weighted by atomic mass is 10.1. The normalized spacial score (nSPS) is 16.8. The molecule has 0 aliphatic carbocycles. The van der Waals surface area contributed by atoms with Gasteiger partial charge in [0.2, 0.25) is 0 Å². The molecule has 0 amide bonds. The molecule has 1 aromatic carbocycles. The number of hydrogen-bond acceptors (Lipinski definition) is 3. The van der Waals surface area contributed by atoms with Gasteiger partial charge >= 0.3 is 0 Å². The fraction of sp³-hybridized carbons (Fsp3) is 0.400. The fourth-order valence-corrected chi connectivity index (χ4v) is 3.14. The highest BCUT2D eigenvalue weighted by molar-refractivity contribution is 14.0. The van der Waals surface area contributed by atoms with E-state index in [1.165, 1.54) is 5.56 Å². The van der Waals surface area contributed by atoms with Crippen molar-refractivity contribution < 1.29 is 4.74 Å². The van der Waals surface area contributed by atoms with E-state index in [-0.39, 0.29) is 24.0 Å². The number of benzene rings is 1. The van der Waals surface area contributed by atoms with E-state index in [9.17, 15) is 0 Å². The van der Waals surface area contributed by atoms with E-state index in [1.807, 2.05) is 31.4 Å². The number of aromatic nitrogens is 1. The van der Waals surface area contributed by atoms with Gasteiger partial charge in [0.1, 0.15) is 0 Å². The van der Waals surface area contributed by atoms with Crippen LogP contribution in [0.2, 0.25) is 0 Å². The Labute approximate surface area is 172 Å². The molecule has 1 aliphatic rings. The number of hydrogen-bond donors (Lipinski definition) is 1. The lowest BCUT2D eigenvalue weighted by molar-refractivity contribution is 0.181. The van der Waals surface area contributed by atoms with Crippen LogP contribution < -0.4 is 5.32 Å². The Balaban J connectivity index is 0.00000243. The summed E-state index contributed by atoms with van der Waals surface area (Å²) in [7, 11) is 3.91. The SMILES string of the molecule is CN=C(NCc1cccc(-c2ccccn2)c1)N(C)CC1CCOC1.I. The van der Waals surface area contributed by atoms with Gasteiger partial charge in [-0.1, -0.05) is 24.3 Å². The van der Waals surface area contributed by atoms with Gasteiger partial charge < -0.3 is 15.0 Å². The number of halogens is 1. The van der Waals surface area contributed by atoms with Crippen molar-refractivity contribution in [2.45, 2.75) is 13.0 Å². The van der Waals surface area contributed by atoms with Crippen LogP contribution >= 0.6 is 24.0 Å². The summed E-state index contributed by atoms with van der Waals surface area (Å²) >= 11 is 0. The Kier molecular flexibility index (Phi) is 8.31. The Hall–Kier alpha value is -1.67. The van der Waals surface area contributed by atoms with E-state index < -0.39 is 0 Å². The summed E-state index contributed by atoms with van der Waals surface area (Å²) in [5.74, 6) is 1.51. The van der Waals surface area contributed by atoms with Crippen molar-refractivity contribution in [1.82, 2.24) is 15.2 Å². The standard InChI is InChI=1S/C20H26N4O.HI/c1-21-20(24(2)14-17-9-11-25-15-17)23-13-16-6-5-7-18(12-16)19-8-3-4-10-22-19;/h3-8,10,12,17H,9,11,13-15H2,1-2H3,(H,21,23);1H. The quantitative estimate of drug-likeness (QED) is 0.417. The first-order valence-corrected chi connectivity index (χ1v) is 8.76. The third kappa shape index (κ3) is 5.67. The number of pyridine rings is 1. The predicted molar refractivity (Wildman–Crippen MR) is 117 cm³/mol. The number of nitrogens with one attached hydrogen (secondary N) is 1. The molecule has 2 aromatic rings. The average molecular weight is 466 g/mol. The second-order valence-electron chi connectivity index (χ2n) is 6.43. The molecule has 0 spiro atoms. The fourth-order valence-electron chi connectivity index (χ4n) is 3.14. The molecule has 5 nitrogen and oxygen atoms in total. The zero-order valence-electron chi connectivity index (χ0n) is 15.4. The second kappa shape index (κ2) is 10.5. The van der Waals surface area contributed by atoms with E-state index in [0.29, 0.717) is 5.92 Å². The molecule has 1 N–H and O–H groups in total. The molecule has 1 atom stereocenters. The maximum absolute atomic E-state index is 5.46. The highest BCUT2D eigenvalue weighted by Gasteiger charge is 2.19. The van der Waals surface area contributed by atoms with Crippen molar-refractivity contribution >= 4 is 29.9 Å². The first kappa shape index (κ1) is 20.6. The molecule has 1 aromatic heterocycles. The number of aliphatic imine (C=N–C) groups is 1. The van der Waals surface area contributed by atoms with Gasteiger partial charge in [0.05, 0.1) is 12.3 Å². The van der Waals surface area contributed by atoms with Gasteiger partial charge in [-0.2, -0.15) is 0 Å². The Morgan fingerprint density at radius 3 is 2.88 bits per heavy atom. The van der Waals surface area contributed by atoms with Crippen LogP contribution in [-0.2, 0) is 11.3 Å². The average Bonchev–Trinajstić information content (AvgIpc) is 3.16. The Morgan fingerprint density at radius 1 is 1.31 bits per heavy atom. The molecule has 1 aliphatic heterocycles. The van der Waals surface area contributed by atoms with Crippen molar-refractivity contribution in [1.29, 1.82) is 0 Å². The molecule has 140 valence electrons. The summed E-state index contributed by atoms with van der Waals surface area (Å²) in [6.07, 6.45) is 2.96. The van der Waals surface area contributed by atoms with Gasteiger partial charge in [-0.05, 0) is 30.2 Å². The molecule has 2 heterocycles. The van der Waals surface area contributed by atoms with Crippen molar-refractivity contribution in [3.8, 4) is 11.3 Å². The number of ether oxygens (including phenoxy) is 1. The Morgan fingerprint density at radius 2 is 2.19 bits per heavy atom. The highest BCUT2D eigenvalue weighted by Crippen LogP contribution is 2.18. The van der Waals surface area contributed by atoms with Crippen LogP contribution in [0.25, 0.3) is 11.3 Å². The van der Waals surface area contributed by atoms with E-state index in [2.05, 4.69) is 51.5 Å². The summed E-state index contributed by atoms with van der Waals surface area (Å²) in [5.41, 5.74) is 3.33. The minimum Gasteiger partial charge on any atom is -0.381 e. The Bertz CT molecular complexity index is 702. The third-order valence-corrected chi connectivity index (χ3v) is 4.47. The largest absolute Gasteiger partial charge is 0.381 e. The highest BCUT2D eigenvalue weighted by atomic mass is 127. The van der Waals surface area contributed by atoms with Gasteiger partial charge in [0, 0.05) is 51.5 Å². The summed E-state index contributed by atoms with van der Waals surface area (Å²) in [6.45, 7) is 3.44. The molecule has 0 radical (unpaired) electrons. The van der Waals surface area contributed by atoms with Crippen LogP contribution in [-0.4, -0.2) is 49.7 Å². The third-order valence-electron chi connectivity index (χ3n) is 4.47. The van der Waals surface area contributed by atoms with Crippen molar-refractivity contribution in [3.05, 3.63) is 54.2 Å². The lowest BCUT2D eigenvalue weighted by Gasteiger charge is -2.24. The van der Waals surface area contributed by atoms with Gasteiger partial charge in [-0.3, -0.25) is 9.98 Å². The predicted octanol–water partition coefficient (Wildman–Crippen LogP) is 3.41. The maximum Gasteiger partial charge on any atom is 0.193 e. The molecular formula is C20H27IN4O. The second-order valence-corrected chi connectivity index (χ2v) is 6.43. The number of guanidine groups is 1. The molecule has 0 saturated carbocycles. The molecule has 3 rings (SSSR count). The van der Waals surface area contributed by atoms with Crippen LogP contribution in [0.4, 0.5) is 0 Å². The van der Waals surface area contributed by atoms with Gasteiger partial charge in [0.25, 0.3) is 0 Å². The first-order valence-electron chi connectivity index (χ1n) is 8.76. The number of nitrogens with zero attached hydrogens (tertiary/aromatic N) is 3. The zero-order chi connectivity index (χ0) is 17.5. The van der Waals surface area contributed by atoms with E-state index >= 15 is 0 Å². The van der Waals surface area contributed by atoms with Crippen molar-refractivity contribution in [3.63, 3.8) is 0 Å². The van der Waals surface area contributed by atoms with Crippen LogP contribution in [0.15, 0.2) is 53.7 Å². The molecule has 26 heavy (non-hydrogen) atoms. The smallest absolute Gasteiger partial charge is 0.193 e. The van der Waals surface area contributed by atoms with Crippen LogP contribution in [0.3, 0.4) is 0 Å². The summed E-state index contributed by atoms with van der Waals surface area (Å²) < 4.78 is 5.46. The van der Waals surface area contributed by atoms with Crippen molar-refractivity contribution in [2.75, 3.05) is 33.9 Å². The van der Waals surface area contributed by atoms with Gasteiger partial charge in [-0.15, -0.1) is 24.0 Å². The molecule has 6 heteroatoms. The monoisotopic (exact) mass is 466 g/mol. The zero-order valence-corrected chi connectivity index (χ0v) is 17.7. The summed E-state index contributed by atoms with van der Waals surface area (Å²) in [4.78, 5) is 11.0. The summed E-state index contributed by atoms with van der Waals surface area (Å²) in [6, 6.07) is 14.4. The molecular weight excluding hydrogens is 439 g/mol. The van der Waals surface area contributed by atoms with Gasteiger partial charge in [-0.25, -0.2) is 0 Å². The molecule has 1 saturated heterocycles. The molecule has 1 fully saturated rings. The lowest BCUT2D eigenvalue weighted by Crippen LogP contribution is -2.41. The van der Waals surface area contributed by atoms with Crippen LogP contribution in [0.1, 0.15) is 12.0 Å². The number of rotatable bonds is 5. The summed E-state index contributed by atoms with van der Waals surface area (Å²) in [5, 5.41) is 3.45. The van der Waals surface area contributed by atoms with Gasteiger partial charge in [0.15, 0.2) is 5.96 Å². The molecule has 0 bridgehead atoms. The minimum absolute atomic E-state index is 0. The molecule has 1 unspecified atom stereocenters. The maximum atomic E-state index is 5.46. The van der Waals surface area contributed by atoms with Crippen molar-refractivity contribution in [2.24, 2.45) is 10.9 Å². The van der Waals surface area contributed by atoms with E-state index in [1.54, 1.807) is 0 Å². The van der Waals surface area contributed by atoms with Crippen LogP contribution in [0.5, 0.6) is 0 Å². The van der Waals surface area contributed by atoms with E-state index in [4.69, 9.17) is 4.74 Å².